The lowest BCUT2D eigenvalue weighted by molar-refractivity contribution is -0.145. The molecule has 2 aromatic rings. The van der Waals surface area contributed by atoms with Crippen molar-refractivity contribution < 1.29 is 18.8 Å². The summed E-state index contributed by atoms with van der Waals surface area (Å²) in [7, 11) is 3.06. The summed E-state index contributed by atoms with van der Waals surface area (Å²) < 4.78 is 15.5. The van der Waals surface area contributed by atoms with Crippen molar-refractivity contribution in [2.75, 3.05) is 14.2 Å². The number of methoxy groups -OCH3 is 2. The van der Waals surface area contributed by atoms with Crippen molar-refractivity contribution in [1.82, 2.24) is 15.5 Å². The van der Waals surface area contributed by atoms with Crippen molar-refractivity contribution in [2.24, 2.45) is 5.92 Å². The second-order valence-electron chi connectivity index (χ2n) is 6.24. The standard InChI is InChI=1S/C18H23N3O4/c1-11-7-8-12(9-15(11)23-2)17-20-16(25-21-17)10-19-14-6-4-5-13(14)18(22)24-3/h7-9,13-14,19H,4-6,10H2,1-3H3/t13-,14-/m1/s1. The van der Waals surface area contributed by atoms with Crippen molar-refractivity contribution in [3.8, 4) is 17.1 Å². The Morgan fingerprint density at radius 1 is 1.36 bits per heavy atom. The van der Waals surface area contributed by atoms with Crippen LogP contribution >= 0.6 is 0 Å². The smallest absolute Gasteiger partial charge is 0.310 e. The number of hydrogen-bond donors (Lipinski definition) is 1. The number of esters is 1. The van der Waals surface area contributed by atoms with Gasteiger partial charge in [-0.15, -0.1) is 0 Å². The van der Waals surface area contributed by atoms with Crippen LogP contribution in [-0.4, -0.2) is 36.4 Å². The number of aryl methyl sites for hydroxylation is 1. The molecule has 1 N–H and O–H groups in total. The number of nitrogens with one attached hydrogen (secondary N) is 1. The Labute approximate surface area is 146 Å². The third kappa shape index (κ3) is 3.82. The number of hydrogen-bond acceptors (Lipinski definition) is 7. The molecule has 0 bridgehead atoms. The van der Waals surface area contributed by atoms with Crippen LogP contribution in [0.15, 0.2) is 22.7 Å². The zero-order valence-corrected chi connectivity index (χ0v) is 14.7. The molecule has 3 rings (SSSR count). The van der Waals surface area contributed by atoms with Crippen molar-refractivity contribution in [3.63, 3.8) is 0 Å². The molecule has 0 spiro atoms. The maximum atomic E-state index is 11.8. The van der Waals surface area contributed by atoms with Crippen LogP contribution in [0.4, 0.5) is 0 Å². The molecule has 0 unspecified atom stereocenters. The van der Waals surface area contributed by atoms with Crippen LogP contribution in [0.5, 0.6) is 5.75 Å². The van der Waals surface area contributed by atoms with Gasteiger partial charge in [0.25, 0.3) is 0 Å². The number of rotatable bonds is 6. The predicted octanol–water partition coefficient (Wildman–Crippen LogP) is 2.48. The van der Waals surface area contributed by atoms with Crippen LogP contribution in [0.3, 0.4) is 0 Å². The van der Waals surface area contributed by atoms with E-state index in [0.717, 1.165) is 36.1 Å². The lowest BCUT2D eigenvalue weighted by atomic mass is 10.0. The zero-order chi connectivity index (χ0) is 17.8. The summed E-state index contributed by atoms with van der Waals surface area (Å²) in [6, 6.07) is 5.87. The maximum Gasteiger partial charge on any atom is 0.310 e. The first kappa shape index (κ1) is 17.4. The molecule has 0 amide bonds. The Hall–Kier alpha value is -2.41. The molecule has 1 aliphatic rings. The van der Waals surface area contributed by atoms with Gasteiger partial charge in [-0.2, -0.15) is 4.98 Å². The predicted molar refractivity (Wildman–Crippen MR) is 91.0 cm³/mol. The maximum absolute atomic E-state index is 11.8. The minimum atomic E-state index is -0.159. The first-order valence-corrected chi connectivity index (χ1v) is 8.41. The number of carbonyl (C=O) groups excluding carboxylic acids is 1. The second-order valence-corrected chi connectivity index (χ2v) is 6.24. The van der Waals surface area contributed by atoms with Crippen molar-refractivity contribution in [2.45, 2.75) is 38.8 Å². The molecule has 1 aromatic heterocycles. The molecule has 0 aliphatic heterocycles. The van der Waals surface area contributed by atoms with E-state index in [1.54, 1.807) is 7.11 Å². The first-order valence-electron chi connectivity index (χ1n) is 8.41. The Morgan fingerprint density at radius 2 is 2.20 bits per heavy atom. The van der Waals surface area contributed by atoms with Gasteiger partial charge in [0.15, 0.2) is 0 Å². The average molecular weight is 345 g/mol. The quantitative estimate of drug-likeness (QED) is 0.805. The molecule has 1 heterocycles. The number of nitrogens with zero attached hydrogens (tertiary/aromatic N) is 2. The number of benzene rings is 1. The van der Waals surface area contributed by atoms with Gasteiger partial charge in [0.2, 0.25) is 11.7 Å². The molecule has 7 heteroatoms. The van der Waals surface area contributed by atoms with E-state index < -0.39 is 0 Å². The highest BCUT2D eigenvalue weighted by atomic mass is 16.5. The van der Waals surface area contributed by atoms with E-state index in [2.05, 4.69) is 15.5 Å². The summed E-state index contributed by atoms with van der Waals surface area (Å²) in [5.41, 5.74) is 1.89. The summed E-state index contributed by atoms with van der Waals surface area (Å²) in [5, 5.41) is 7.37. The third-order valence-electron chi connectivity index (χ3n) is 4.67. The average Bonchev–Trinajstić information content (AvgIpc) is 3.29. The minimum absolute atomic E-state index is 0.0854. The first-order chi connectivity index (χ1) is 12.1. The van der Waals surface area contributed by atoms with Crippen LogP contribution in [0.25, 0.3) is 11.4 Å². The van der Waals surface area contributed by atoms with E-state index in [0.29, 0.717) is 18.3 Å². The number of ether oxygens (including phenoxy) is 2. The molecule has 0 radical (unpaired) electrons. The Bertz CT molecular complexity index is 744. The number of aromatic nitrogens is 2. The lowest BCUT2D eigenvalue weighted by Crippen LogP contribution is -2.36. The summed E-state index contributed by atoms with van der Waals surface area (Å²) in [6.07, 6.45) is 2.80. The summed E-state index contributed by atoms with van der Waals surface area (Å²) in [6.45, 7) is 2.40. The highest BCUT2D eigenvalue weighted by Crippen LogP contribution is 2.27. The van der Waals surface area contributed by atoms with E-state index in [1.165, 1.54) is 7.11 Å². The summed E-state index contributed by atoms with van der Waals surface area (Å²) in [5.74, 6) is 1.53. The Balaban J connectivity index is 1.65. The van der Waals surface area contributed by atoms with Crippen LogP contribution < -0.4 is 10.1 Å². The van der Waals surface area contributed by atoms with Gasteiger partial charge in [0.1, 0.15) is 5.75 Å². The highest BCUT2D eigenvalue weighted by Gasteiger charge is 2.33. The van der Waals surface area contributed by atoms with E-state index in [-0.39, 0.29) is 17.9 Å². The normalized spacial score (nSPS) is 19.8. The van der Waals surface area contributed by atoms with E-state index >= 15 is 0 Å². The Morgan fingerprint density at radius 3 is 2.96 bits per heavy atom. The van der Waals surface area contributed by atoms with Crippen molar-refractivity contribution in [3.05, 3.63) is 29.7 Å². The molecule has 1 aromatic carbocycles. The third-order valence-corrected chi connectivity index (χ3v) is 4.67. The van der Waals surface area contributed by atoms with E-state index in [9.17, 15) is 4.79 Å². The van der Waals surface area contributed by atoms with Crippen LogP contribution in [0.1, 0.15) is 30.7 Å². The molecule has 1 aliphatic carbocycles. The molecule has 134 valence electrons. The molecule has 1 saturated carbocycles. The van der Waals surface area contributed by atoms with Gasteiger partial charge in [0, 0.05) is 11.6 Å². The number of carbonyl (C=O) groups is 1. The van der Waals surface area contributed by atoms with Gasteiger partial charge in [-0.25, -0.2) is 0 Å². The fraction of sp³-hybridized carbons (Fsp3) is 0.500. The van der Waals surface area contributed by atoms with Crippen LogP contribution in [0, 0.1) is 12.8 Å². The molecule has 2 atom stereocenters. The van der Waals surface area contributed by atoms with Gasteiger partial charge in [-0.05, 0) is 31.4 Å². The topological polar surface area (TPSA) is 86.5 Å². The lowest BCUT2D eigenvalue weighted by Gasteiger charge is -2.17. The van der Waals surface area contributed by atoms with E-state index in [1.807, 2.05) is 25.1 Å². The van der Waals surface area contributed by atoms with Crippen molar-refractivity contribution in [1.29, 1.82) is 0 Å². The van der Waals surface area contributed by atoms with Crippen LogP contribution in [0.2, 0.25) is 0 Å². The fourth-order valence-corrected chi connectivity index (χ4v) is 3.26. The van der Waals surface area contributed by atoms with Gasteiger partial charge >= 0.3 is 5.97 Å². The molecule has 7 nitrogen and oxygen atoms in total. The minimum Gasteiger partial charge on any atom is -0.496 e. The molecule has 0 saturated heterocycles. The summed E-state index contributed by atoms with van der Waals surface area (Å²) in [4.78, 5) is 16.2. The Kier molecular flexibility index (Phi) is 5.33. The molecular weight excluding hydrogens is 322 g/mol. The van der Waals surface area contributed by atoms with Gasteiger partial charge in [-0.1, -0.05) is 23.7 Å². The SMILES string of the molecule is COC(=O)[C@@H]1CCC[C@H]1NCc1nc(-c2ccc(C)c(OC)c2)no1. The molecule has 25 heavy (non-hydrogen) atoms. The van der Waals surface area contributed by atoms with Gasteiger partial charge in [0.05, 0.1) is 26.7 Å². The molecular formula is C18H23N3O4. The summed E-state index contributed by atoms with van der Waals surface area (Å²) >= 11 is 0. The van der Waals surface area contributed by atoms with Crippen molar-refractivity contribution >= 4 is 5.97 Å². The zero-order valence-electron chi connectivity index (χ0n) is 14.7. The fourth-order valence-electron chi connectivity index (χ4n) is 3.26. The second kappa shape index (κ2) is 7.65. The van der Waals surface area contributed by atoms with E-state index in [4.69, 9.17) is 14.0 Å². The molecule has 1 fully saturated rings. The largest absolute Gasteiger partial charge is 0.496 e. The van der Waals surface area contributed by atoms with Crippen LogP contribution in [-0.2, 0) is 16.1 Å². The monoisotopic (exact) mass is 345 g/mol. The van der Waals surface area contributed by atoms with Gasteiger partial charge in [-0.3, -0.25) is 4.79 Å². The highest BCUT2D eigenvalue weighted by molar-refractivity contribution is 5.73. The van der Waals surface area contributed by atoms with Gasteiger partial charge < -0.3 is 19.3 Å².